The van der Waals surface area contributed by atoms with Crippen molar-refractivity contribution in [2.75, 3.05) is 18.0 Å². The first-order valence-electron chi connectivity index (χ1n) is 8.65. The van der Waals surface area contributed by atoms with E-state index >= 15 is 0 Å². The minimum atomic E-state index is -4.01. The minimum Gasteiger partial charge on any atom is -0.391 e. The predicted octanol–water partition coefficient (Wildman–Crippen LogP) is 2.56. The van der Waals surface area contributed by atoms with E-state index in [1.807, 2.05) is 0 Å². The van der Waals surface area contributed by atoms with Crippen molar-refractivity contribution in [3.63, 3.8) is 0 Å². The molecule has 0 aliphatic carbocycles. The number of fused-ring (bicyclic) bond motifs is 1. The third-order valence-corrected chi connectivity index (χ3v) is 6.27. The van der Waals surface area contributed by atoms with E-state index in [1.54, 1.807) is 29.2 Å². The second kappa shape index (κ2) is 6.86. The third-order valence-electron chi connectivity index (χ3n) is 4.60. The third kappa shape index (κ3) is 3.38. The highest BCUT2D eigenvalue weighted by atomic mass is 32.2. The molecule has 27 heavy (non-hydrogen) atoms. The highest BCUT2D eigenvalue weighted by molar-refractivity contribution is 7.91. The fourth-order valence-electron chi connectivity index (χ4n) is 3.23. The van der Waals surface area contributed by atoms with Crippen molar-refractivity contribution in [2.24, 2.45) is 0 Å². The molecule has 1 fully saturated rings. The Morgan fingerprint density at radius 3 is 2.37 bits per heavy atom. The van der Waals surface area contributed by atoms with Crippen molar-refractivity contribution in [1.29, 1.82) is 0 Å². The number of aromatic nitrogens is 2. The van der Waals surface area contributed by atoms with E-state index in [-0.39, 0.29) is 15.7 Å². The first-order chi connectivity index (χ1) is 12.9. The summed E-state index contributed by atoms with van der Waals surface area (Å²) in [5.74, 6) is -0.297. The first kappa shape index (κ1) is 17.8. The molecule has 2 heterocycles. The van der Waals surface area contributed by atoms with Crippen LogP contribution >= 0.6 is 0 Å². The fraction of sp³-hybridized carbons (Fsp3) is 0.263. The van der Waals surface area contributed by atoms with Gasteiger partial charge in [-0.15, -0.1) is 0 Å². The van der Waals surface area contributed by atoms with Gasteiger partial charge in [0, 0.05) is 13.1 Å². The fourth-order valence-corrected chi connectivity index (χ4v) is 4.58. The van der Waals surface area contributed by atoms with E-state index in [1.165, 1.54) is 12.1 Å². The summed E-state index contributed by atoms with van der Waals surface area (Å²) >= 11 is 0. The lowest BCUT2D eigenvalue weighted by Gasteiger charge is -2.31. The molecule has 0 amide bonds. The van der Waals surface area contributed by atoms with Crippen molar-refractivity contribution in [2.45, 2.75) is 28.9 Å². The van der Waals surface area contributed by atoms with Gasteiger partial charge in [-0.05, 0) is 49.2 Å². The topological polar surface area (TPSA) is 83.4 Å². The molecule has 0 spiro atoms. The lowest BCUT2D eigenvalue weighted by molar-refractivity contribution is 0.153. The van der Waals surface area contributed by atoms with Crippen LogP contribution in [0, 0.1) is 5.82 Å². The Balaban J connectivity index is 1.92. The average molecular weight is 387 g/mol. The van der Waals surface area contributed by atoms with Gasteiger partial charge in [0.15, 0.2) is 5.82 Å². The number of nitrogens with zero attached hydrogens (tertiary/aromatic N) is 3. The first-order valence-corrected chi connectivity index (χ1v) is 10.1. The van der Waals surface area contributed by atoms with E-state index in [9.17, 15) is 17.9 Å². The number of aliphatic hydroxyl groups excluding tert-OH is 1. The van der Waals surface area contributed by atoms with Crippen LogP contribution in [0.15, 0.2) is 58.5 Å². The van der Waals surface area contributed by atoms with Gasteiger partial charge in [0.05, 0.1) is 22.0 Å². The van der Waals surface area contributed by atoms with Crippen molar-refractivity contribution >= 4 is 26.7 Å². The van der Waals surface area contributed by atoms with Gasteiger partial charge in [0.1, 0.15) is 5.82 Å². The number of hydrogen-bond donors (Lipinski definition) is 1. The molecule has 1 saturated heterocycles. The Bertz CT molecular complexity index is 1090. The normalized spacial score (nSPS) is 18.0. The number of aliphatic hydroxyl groups is 1. The van der Waals surface area contributed by atoms with Gasteiger partial charge in [-0.3, -0.25) is 0 Å². The van der Waals surface area contributed by atoms with Crippen LogP contribution in [-0.2, 0) is 9.84 Å². The summed E-state index contributed by atoms with van der Waals surface area (Å²) in [6.45, 7) is 0.870. The van der Waals surface area contributed by atoms with Crippen LogP contribution < -0.4 is 4.90 Å². The van der Waals surface area contributed by atoms with Crippen LogP contribution in [0.2, 0.25) is 0 Å². The average Bonchev–Trinajstić information content (AvgIpc) is 2.67. The monoisotopic (exact) mass is 387 g/mol. The summed E-state index contributed by atoms with van der Waals surface area (Å²) in [6, 6.07) is 11.7. The van der Waals surface area contributed by atoms with Crippen LogP contribution in [-0.4, -0.2) is 42.7 Å². The minimum absolute atomic E-state index is 0.0488. The summed E-state index contributed by atoms with van der Waals surface area (Å²) in [7, 11) is -4.01. The van der Waals surface area contributed by atoms with E-state index in [2.05, 4.69) is 9.97 Å². The Labute approximate surface area is 156 Å². The summed E-state index contributed by atoms with van der Waals surface area (Å²) in [4.78, 5) is 10.6. The quantitative estimate of drug-likeness (QED) is 0.696. The smallest absolute Gasteiger partial charge is 0.227 e. The molecular formula is C19H18FN3O3S. The molecule has 4 rings (SSSR count). The second-order valence-corrected chi connectivity index (χ2v) is 8.41. The van der Waals surface area contributed by atoms with E-state index < -0.39 is 21.8 Å². The molecule has 1 aromatic heterocycles. The zero-order valence-electron chi connectivity index (χ0n) is 14.4. The number of piperidine rings is 1. The number of halogens is 1. The molecule has 8 heteroatoms. The summed E-state index contributed by atoms with van der Waals surface area (Å²) in [6.07, 6.45) is 0.844. The summed E-state index contributed by atoms with van der Waals surface area (Å²) in [5.41, 5.74) is 1.03. The molecule has 1 unspecified atom stereocenters. The molecule has 0 bridgehead atoms. The second-order valence-electron chi connectivity index (χ2n) is 6.54. The predicted molar refractivity (Wildman–Crippen MR) is 98.8 cm³/mol. The molecule has 2 aromatic carbocycles. The van der Waals surface area contributed by atoms with Crippen molar-refractivity contribution < 1.29 is 17.9 Å². The number of benzene rings is 2. The van der Waals surface area contributed by atoms with E-state index in [4.69, 9.17) is 0 Å². The zero-order valence-corrected chi connectivity index (χ0v) is 15.2. The lowest BCUT2D eigenvalue weighted by atomic mass is 10.1. The maximum absolute atomic E-state index is 13.2. The summed E-state index contributed by atoms with van der Waals surface area (Å²) in [5, 5.41) is 9.84. The number of hydrogen-bond acceptors (Lipinski definition) is 6. The molecule has 3 aromatic rings. The number of β-amino-alcohol motifs (C(OH)–C–C–N with tert-alkyl or cyclic N) is 1. The Kier molecular flexibility index (Phi) is 4.53. The molecule has 140 valence electrons. The van der Waals surface area contributed by atoms with Gasteiger partial charge in [-0.25, -0.2) is 22.8 Å². The van der Waals surface area contributed by atoms with Gasteiger partial charge in [0.2, 0.25) is 14.9 Å². The molecule has 1 aliphatic rings. The van der Waals surface area contributed by atoms with Gasteiger partial charge in [0.25, 0.3) is 0 Å². The van der Waals surface area contributed by atoms with Crippen LogP contribution in [0.1, 0.15) is 12.8 Å². The molecule has 1 atom stereocenters. The van der Waals surface area contributed by atoms with Gasteiger partial charge < -0.3 is 10.0 Å². The van der Waals surface area contributed by atoms with Gasteiger partial charge in [-0.2, -0.15) is 0 Å². The van der Waals surface area contributed by atoms with E-state index in [0.29, 0.717) is 30.5 Å². The largest absolute Gasteiger partial charge is 0.391 e. The number of anilines is 1. The highest BCUT2D eigenvalue weighted by Crippen LogP contribution is 2.31. The highest BCUT2D eigenvalue weighted by Gasteiger charge is 2.30. The van der Waals surface area contributed by atoms with Crippen LogP contribution in [0.5, 0.6) is 0 Å². The molecule has 1 N–H and O–H groups in total. The van der Waals surface area contributed by atoms with Crippen molar-refractivity contribution in [3.05, 3.63) is 54.3 Å². The van der Waals surface area contributed by atoms with E-state index in [0.717, 1.165) is 18.6 Å². The van der Waals surface area contributed by atoms with Crippen molar-refractivity contribution in [3.8, 4) is 0 Å². The number of para-hydroxylation sites is 2. The molecule has 1 aliphatic heterocycles. The lowest BCUT2D eigenvalue weighted by Crippen LogP contribution is -2.39. The molecule has 6 nitrogen and oxygen atoms in total. The zero-order chi connectivity index (χ0) is 19.0. The number of sulfone groups is 1. The van der Waals surface area contributed by atoms with Crippen molar-refractivity contribution in [1.82, 2.24) is 9.97 Å². The Hall–Kier alpha value is -2.58. The maximum Gasteiger partial charge on any atom is 0.227 e. The Morgan fingerprint density at radius 1 is 1.04 bits per heavy atom. The van der Waals surface area contributed by atoms with Crippen LogP contribution in [0.3, 0.4) is 0 Å². The molecule has 0 saturated carbocycles. The van der Waals surface area contributed by atoms with Crippen LogP contribution in [0.25, 0.3) is 11.0 Å². The Morgan fingerprint density at radius 2 is 1.70 bits per heavy atom. The SMILES string of the molecule is O=S(=O)(c1ccc(F)cc1)c1nc2ccccc2nc1N1CCCC(O)C1. The standard InChI is InChI=1S/C19H18FN3O3S/c20-13-7-9-15(10-8-13)27(25,26)19-18(23-11-3-4-14(24)12-23)21-16-5-1-2-6-17(16)22-19/h1-2,5-10,14,24H,3-4,11-12H2. The van der Waals surface area contributed by atoms with Gasteiger partial charge in [-0.1, -0.05) is 12.1 Å². The summed E-state index contributed by atoms with van der Waals surface area (Å²) < 4.78 is 39.7. The maximum atomic E-state index is 13.2. The molecule has 0 radical (unpaired) electrons. The van der Waals surface area contributed by atoms with Gasteiger partial charge >= 0.3 is 0 Å². The molecular weight excluding hydrogens is 369 g/mol. The number of rotatable bonds is 3. The van der Waals surface area contributed by atoms with Crippen LogP contribution in [0.4, 0.5) is 10.2 Å².